The number of hydrogen-bond acceptors (Lipinski definition) is 13. The van der Waals surface area contributed by atoms with Gasteiger partial charge in [-0.05, 0) is 105 Å². The van der Waals surface area contributed by atoms with Crippen LogP contribution >= 0.6 is 0 Å². The third-order valence-corrected chi connectivity index (χ3v) is 20.8. The van der Waals surface area contributed by atoms with E-state index in [0.717, 1.165) is 39.0 Å². The topological polar surface area (TPSA) is 163 Å². The third kappa shape index (κ3) is 8.09. The van der Waals surface area contributed by atoms with Gasteiger partial charge in [0.05, 0.1) is 39.1 Å². The average Bonchev–Trinajstić information content (AvgIpc) is 4.06. The normalized spacial score (nSPS) is 32.4. The zero-order valence-corrected chi connectivity index (χ0v) is 45.1. The van der Waals surface area contributed by atoms with Gasteiger partial charge in [0.25, 0.3) is 0 Å². The number of methoxy groups -OCH3 is 3. The number of piperidine rings is 1. The first-order chi connectivity index (χ1) is 35.0. The van der Waals surface area contributed by atoms with Crippen molar-refractivity contribution in [3.05, 3.63) is 107 Å². The summed E-state index contributed by atoms with van der Waals surface area (Å²) in [6.07, 6.45) is 8.28. The fourth-order valence-electron chi connectivity index (χ4n) is 15.3. The van der Waals surface area contributed by atoms with Crippen molar-refractivity contribution in [2.45, 2.75) is 138 Å². The van der Waals surface area contributed by atoms with Crippen LogP contribution in [0.25, 0.3) is 10.9 Å². The molecule has 73 heavy (non-hydrogen) atoms. The molecular formula is C58H76N4O10Si. The third-order valence-electron chi connectivity index (χ3n) is 18.4. The van der Waals surface area contributed by atoms with Gasteiger partial charge < -0.3 is 43.5 Å². The Morgan fingerprint density at radius 3 is 2.36 bits per heavy atom. The molecule has 10 unspecified atom stereocenters. The number of H-pyrrole nitrogens is 1. The van der Waals surface area contributed by atoms with Crippen molar-refractivity contribution in [3.8, 4) is 5.75 Å². The van der Waals surface area contributed by atoms with Crippen LogP contribution in [0.3, 0.4) is 0 Å². The van der Waals surface area contributed by atoms with E-state index >= 15 is 9.59 Å². The number of aromatic nitrogens is 1. The minimum Gasteiger partial charge on any atom is -0.496 e. The molecule has 1 spiro atoms. The molecule has 392 valence electrons. The molecule has 14 nitrogen and oxygen atoms in total. The van der Waals surface area contributed by atoms with Gasteiger partial charge in [-0.2, -0.15) is 0 Å². The second-order valence-corrected chi connectivity index (χ2v) is 27.1. The van der Waals surface area contributed by atoms with Crippen LogP contribution in [0.1, 0.15) is 93.2 Å². The lowest BCUT2D eigenvalue weighted by molar-refractivity contribution is -0.214. The molecule has 15 heteroatoms. The number of aromatic amines is 1. The molecule has 10 atom stereocenters. The van der Waals surface area contributed by atoms with Gasteiger partial charge in [0, 0.05) is 90.4 Å². The molecule has 1 aromatic heterocycles. The number of likely N-dealkylation sites (N-methyl/N-ethyl adjacent to an activating group) is 1. The fourth-order valence-corrected chi connectivity index (χ4v) is 17.6. The quantitative estimate of drug-likeness (QED) is 0.0352. The highest BCUT2D eigenvalue weighted by atomic mass is 28.4. The number of ether oxygens (including phenoxy) is 4. The van der Waals surface area contributed by atoms with Gasteiger partial charge in [0.15, 0.2) is 8.32 Å². The summed E-state index contributed by atoms with van der Waals surface area (Å²) < 4.78 is 31.4. The number of anilines is 1. The van der Waals surface area contributed by atoms with E-state index < -0.39 is 59.8 Å². The maximum Gasteiger partial charge on any atom is 0.342 e. The van der Waals surface area contributed by atoms with E-state index in [1.165, 1.54) is 14.2 Å². The molecule has 5 aliphatic heterocycles. The summed E-state index contributed by atoms with van der Waals surface area (Å²) in [5.74, 6) is -1.03. The van der Waals surface area contributed by atoms with Crippen LogP contribution in [0.15, 0.2) is 78.9 Å². The Kier molecular flexibility index (Phi) is 13.6. The summed E-state index contributed by atoms with van der Waals surface area (Å²) in [6, 6.07) is 21.7. The minimum atomic E-state index is -2.74. The number of hydrogen-bond donors (Lipinski definition) is 3. The zero-order valence-electron chi connectivity index (χ0n) is 44.1. The summed E-state index contributed by atoms with van der Waals surface area (Å²) >= 11 is 0. The van der Waals surface area contributed by atoms with Crippen LogP contribution in [-0.4, -0.2) is 142 Å². The number of benzene rings is 3. The molecule has 3 aromatic carbocycles. The van der Waals surface area contributed by atoms with Crippen molar-refractivity contribution in [1.29, 1.82) is 0 Å². The largest absolute Gasteiger partial charge is 0.496 e. The lowest BCUT2D eigenvalue weighted by Crippen LogP contribution is -2.82. The van der Waals surface area contributed by atoms with E-state index in [-0.39, 0.29) is 31.0 Å². The first kappa shape index (κ1) is 51.5. The van der Waals surface area contributed by atoms with Gasteiger partial charge in [0.1, 0.15) is 17.8 Å². The van der Waals surface area contributed by atoms with Crippen LogP contribution in [-0.2, 0) is 56.9 Å². The number of nitrogens with zero attached hydrogens (tertiary/aromatic N) is 3. The summed E-state index contributed by atoms with van der Waals surface area (Å²) in [5.41, 5.74) is -0.211. The molecule has 2 saturated heterocycles. The Morgan fingerprint density at radius 2 is 1.63 bits per heavy atom. The Bertz CT molecular complexity index is 2780. The second-order valence-electron chi connectivity index (χ2n) is 22.8. The standard InChI is InChI=1S/C58H76N4O10Si/c1-9-54(66)33-39-34-57(52(64)69-5,48-41(24-28-61(35-39)37-54)40-21-14-15-22-44(40)59-48)43-31-42-45(32-46(43)68-4)60(3)50-56(42)26-29-62-27-18-25-55(10-2,49(56)62)51(58(50,67)53(65)70-6)72-73(7,8)30-17-16-23-47(63)71-36-38-19-12-11-13-20-38/h11-15,18-22,25,31-32,39,49-51,59,66-67H,9-10,16-17,23-24,26-30,33-37H2,1-8H3. The van der Waals surface area contributed by atoms with Gasteiger partial charge >= 0.3 is 17.9 Å². The number of nitrogens with one attached hydrogen (secondary N) is 1. The molecule has 6 aliphatic rings. The van der Waals surface area contributed by atoms with Gasteiger partial charge in [-0.3, -0.25) is 19.4 Å². The highest BCUT2D eigenvalue weighted by molar-refractivity contribution is 6.71. The molecule has 4 aromatic rings. The van der Waals surface area contributed by atoms with E-state index in [2.05, 4.69) is 70.1 Å². The molecule has 3 N–H and O–H groups in total. The van der Waals surface area contributed by atoms with Gasteiger partial charge in [-0.15, -0.1) is 0 Å². The number of aliphatic hydroxyl groups is 2. The highest BCUT2D eigenvalue weighted by Crippen LogP contribution is 2.68. The van der Waals surface area contributed by atoms with Crippen molar-refractivity contribution in [3.63, 3.8) is 0 Å². The van der Waals surface area contributed by atoms with Crippen LogP contribution < -0.4 is 9.64 Å². The Morgan fingerprint density at radius 1 is 0.877 bits per heavy atom. The monoisotopic (exact) mass is 1020 g/mol. The van der Waals surface area contributed by atoms with E-state index in [0.29, 0.717) is 101 Å². The molecule has 3 fully saturated rings. The number of para-hydroxylation sites is 1. The zero-order chi connectivity index (χ0) is 51.7. The fraction of sp³-hybridized carbons (Fsp3) is 0.569. The van der Waals surface area contributed by atoms with Gasteiger partial charge in [0.2, 0.25) is 5.60 Å². The van der Waals surface area contributed by atoms with E-state index in [9.17, 15) is 15.0 Å². The number of fused-ring (bicyclic) bond motifs is 6. The van der Waals surface area contributed by atoms with Crippen molar-refractivity contribution < 1.29 is 48.0 Å². The molecule has 2 bridgehead atoms. The Balaban J connectivity index is 1.10. The number of esters is 3. The Labute approximate surface area is 431 Å². The molecule has 6 heterocycles. The maximum atomic E-state index is 15.6. The first-order valence-electron chi connectivity index (χ1n) is 26.7. The summed E-state index contributed by atoms with van der Waals surface area (Å²) in [4.78, 5) is 54.2. The number of carbonyl (C=O) groups is 3. The van der Waals surface area contributed by atoms with Crippen LogP contribution in [0.2, 0.25) is 19.1 Å². The lowest BCUT2D eigenvalue weighted by atomic mass is 9.47. The summed E-state index contributed by atoms with van der Waals surface area (Å²) in [5, 5.41) is 27.2. The average molecular weight is 1020 g/mol. The van der Waals surface area contributed by atoms with E-state index in [4.69, 9.17) is 23.4 Å². The highest BCUT2D eigenvalue weighted by Gasteiger charge is 2.80. The smallest absolute Gasteiger partial charge is 0.342 e. The number of unbranched alkanes of at least 4 members (excludes halogenated alkanes) is 1. The Hall–Kier alpha value is -5.03. The van der Waals surface area contributed by atoms with Crippen LogP contribution in [0.4, 0.5) is 5.69 Å². The molecule has 10 rings (SSSR count). The predicted octanol–water partition coefficient (Wildman–Crippen LogP) is 7.56. The maximum absolute atomic E-state index is 15.6. The van der Waals surface area contributed by atoms with E-state index in [1.54, 1.807) is 7.11 Å². The molecule has 1 aliphatic carbocycles. The molecule has 0 radical (unpaired) electrons. The van der Waals surface area contributed by atoms with Gasteiger partial charge in [-0.1, -0.05) is 81.0 Å². The lowest BCUT2D eigenvalue weighted by Gasteiger charge is -2.65. The SMILES string of the molecule is CCC1(O)CC2CN(CCc3c([nH]c4ccccc34)C(C(=O)OC)(c3cc4c(cc3OC)N(C)C3C(O)(C(=O)OC)C(O[Si](C)(C)CCCCC(=O)OCc5ccccc5)C5(CC)C=CCN6CCC43C65)C2)C1. The first-order valence-corrected chi connectivity index (χ1v) is 29.8. The second kappa shape index (κ2) is 19.3. The molecule has 0 amide bonds. The number of carbonyl (C=O) groups excluding carboxylic acids is 3. The summed E-state index contributed by atoms with van der Waals surface area (Å²) in [6.45, 7) is 12.1. The van der Waals surface area contributed by atoms with Crippen molar-refractivity contribution in [2.75, 3.05) is 66.0 Å². The molecule has 1 saturated carbocycles. The van der Waals surface area contributed by atoms with Crippen molar-refractivity contribution in [2.24, 2.45) is 11.3 Å². The molecular weight excluding hydrogens is 941 g/mol. The minimum absolute atomic E-state index is 0.0992. The number of rotatable bonds is 15. The van der Waals surface area contributed by atoms with Gasteiger partial charge in [-0.25, -0.2) is 4.79 Å². The van der Waals surface area contributed by atoms with Crippen LogP contribution in [0, 0.1) is 11.3 Å². The van der Waals surface area contributed by atoms with Crippen molar-refractivity contribution >= 4 is 42.8 Å². The van der Waals surface area contributed by atoms with E-state index in [1.807, 2.05) is 62.5 Å². The van der Waals surface area contributed by atoms with Crippen molar-refractivity contribution in [1.82, 2.24) is 14.8 Å². The summed E-state index contributed by atoms with van der Waals surface area (Å²) in [7, 11) is 3.65. The van der Waals surface area contributed by atoms with Crippen LogP contribution in [0.5, 0.6) is 5.75 Å². The predicted molar refractivity (Wildman–Crippen MR) is 282 cm³/mol.